The Bertz CT molecular complexity index is 991. The maximum absolute atomic E-state index is 13.6. The number of nitrogens with zero attached hydrogens (tertiary/aromatic N) is 1. The van der Waals surface area contributed by atoms with Gasteiger partial charge in [-0.15, -0.1) is 0 Å². The molecule has 1 aliphatic heterocycles. The normalized spacial score (nSPS) is 26.3. The standard InChI is InChI=1S/C29H48N6O3/c1-17-11-18(2)33-29(38)26(17)16-32-28(37)25-12-21(22(14-30)15-31-5)13-27(19(25)3)35(6)24-9-7-23(8-10-24)34-20(4)36/h12-13,17-18,22-24,26,31H,7-11,14-16,30H2,1-6H3,(H,32,37)(H,33,38)(H,34,36). The maximum atomic E-state index is 13.6. The van der Waals surface area contributed by atoms with Crippen LogP contribution >= 0.6 is 0 Å². The van der Waals surface area contributed by atoms with Crippen molar-refractivity contribution in [2.75, 3.05) is 38.6 Å². The van der Waals surface area contributed by atoms with Crippen LogP contribution in [0.4, 0.5) is 5.69 Å². The van der Waals surface area contributed by atoms with Crippen LogP contribution in [0.15, 0.2) is 12.1 Å². The second kappa shape index (κ2) is 13.4. The summed E-state index contributed by atoms with van der Waals surface area (Å²) < 4.78 is 0. The topological polar surface area (TPSA) is 129 Å². The van der Waals surface area contributed by atoms with E-state index in [4.69, 9.17) is 5.73 Å². The van der Waals surface area contributed by atoms with E-state index in [-0.39, 0.29) is 47.6 Å². The number of hydrogen-bond acceptors (Lipinski definition) is 6. The summed E-state index contributed by atoms with van der Waals surface area (Å²) in [6.07, 6.45) is 4.72. The fourth-order valence-electron chi connectivity index (χ4n) is 6.21. The Morgan fingerprint density at radius 2 is 1.87 bits per heavy atom. The third kappa shape index (κ3) is 7.26. The van der Waals surface area contributed by atoms with Crippen LogP contribution in [0.1, 0.15) is 80.3 Å². The Labute approximate surface area is 228 Å². The van der Waals surface area contributed by atoms with Crippen LogP contribution in [0.5, 0.6) is 0 Å². The van der Waals surface area contributed by atoms with E-state index >= 15 is 0 Å². The SMILES string of the molecule is CNCC(CN)c1cc(C(=O)NCC2C(=O)NC(C)CC2C)c(C)c(N(C)C2CCC(NC(C)=O)CC2)c1. The summed E-state index contributed by atoms with van der Waals surface area (Å²) in [7, 11) is 4.00. The minimum atomic E-state index is -0.235. The molecule has 4 atom stereocenters. The van der Waals surface area contributed by atoms with Gasteiger partial charge in [0.05, 0.1) is 5.92 Å². The lowest BCUT2D eigenvalue weighted by atomic mass is 9.84. The molecule has 0 aromatic heterocycles. The summed E-state index contributed by atoms with van der Waals surface area (Å²) in [6, 6.07) is 4.86. The Kier molecular flexibility index (Phi) is 10.6. The highest BCUT2D eigenvalue weighted by Gasteiger charge is 2.33. The first-order valence-corrected chi connectivity index (χ1v) is 14.1. The van der Waals surface area contributed by atoms with E-state index in [0.29, 0.717) is 31.2 Å². The summed E-state index contributed by atoms with van der Waals surface area (Å²) in [5.41, 5.74) is 9.76. The second-order valence-electron chi connectivity index (χ2n) is 11.5. The average Bonchev–Trinajstić information content (AvgIpc) is 2.86. The maximum Gasteiger partial charge on any atom is 0.251 e. The quantitative estimate of drug-likeness (QED) is 0.316. The van der Waals surface area contributed by atoms with Crippen molar-refractivity contribution >= 4 is 23.4 Å². The number of carbonyl (C=O) groups is 3. The van der Waals surface area contributed by atoms with Crippen molar-refractivity contribution in [3.05, 3.63) is 28.8 Å². The van der Waals surface area contributed by atoms with E-state index in [9.17, 15) is 14.4 Å². The summed E-state index contributed by atoms with van der Waals surface area (Å²) in [5, 5.41) is 12.4. The smallest absolute Gasteiger partial charge is 0.251 e. The molecule has 2 fully saturated rings. The van der Waals surface area contributed by atoms with E-state index in [1.807, 2.05) is 27.0 Å². The first kappa shape index (κ1) is 29.9. The summed E-state index contributed by atoms with van der Waals surface area (Å²) in [5.74, 6) is -0.0890. The van der Waals surface area contributed by atoms with Crippen molar-refractivity contribution in [3.63, 3.8) is 0 Å². The summed E-state index contributed by atoms with van der Waals surface area (Å²) in [6.45, 7) is 9.16. The van der Waals surface area contributed by atoms with Crippen molar-refractivity contribution in [2.45, 2.75) is 83.8 Å². The average molecular weight is 529 g/mol. The van der Waals surface area contributed by atoms with Gasteiger partial charge in [0.15, 0.2) is 0 Å². The van der Waals surface area contributed by atoms with Gasteiger partial charge in [0.2, 0.25) is 11.8 Å². The number of benzene rings is 1. The third-order valence-corrected chi connectivity index (χ3v) is 8.51. The van der Waals surface area contributed by atoms with Crippen molar-refractivity contribution in [1.82, 2.24) is 21.3 Å². The number of carbonyl (C=O) groups excluding carboxylic acids is 3. The Morgan fingerprint density at radius 1 is 1.18 bits per heavy atom. The van der Waals surface area contributed by atoms with Crippen LogP contribution in [-0.2, 0) is 9.59 Å². The first-order valence-electron chi connectivity index (χ1n) is 14.1. The molecular formula is C29H48N6O3. The fraction of sp³-hybridized carbons (Fsp3) is 0.690. The molecule has 1 aliphatic carbocycles. The lowest BCUT2D eigenvalue weighted by molar-refractivity contribution is -0.129. The number of nitrogens with one attached hydrogen (secondary N) is 4. The molecule has 1 heterocycles. The van der Waals surface area contributed by atoms with Gasteiger partial charge in [-0.25, -0.2) is 0 Å². The van der Waals surface area contributed by atoms with Crippen LogP contribution in [0.3, 0.4) is 0 Å². The van der Waals surface area contributed by atoms with Crippen molar-refractivity contribution in [1.29, 1.82) is 0 Å². The Balaban J connectivity index is 1.84. The molecule has 212 valence electrons. The lowest BCUT2D eigenvalue weighted by Crippen LogP contribution is -2.50. The van der Waals surface area contributed by atoms with E-state index < -0.39 is 0 Å². The molecule has 1 aromatic carbocycles. The van der Waals surface area contributed by atoms with Gasteiger partial charge in [-0.2, -0.15) is 0 Å². The molecule has 0 bridgehead atoms. The van der Waals surface area contributed by atoms with Gasteiger partial charge in [-0.1, -0.05) is 6.92 Å². The van der Waals surface area contributed by atoms with Gasteiger partial charge in [0.25, 0.3) is 5.91 Å². The largest absolute Gasteiger partial charge is 0.371 e. The predicted molar refractivity (Wildman–Crippen MR) is 152 cm³/mol. The van der Waals surface area contributed by atoms with Gasteiger partial charge in [-0.05, 0) is 82.2 Å². The molecule has 4 unspecified atom stereocenters. The van der Waals surface area contributed by atoms with Gasteiger partial charge in [0.1, 0.15) is 0 Å². The molecule has 6 N–H and O–H groups in total. The molecule has 2 aliphatic rings. The first-order chi connectivity index (χ1) is 18.0. The van der Waals surface area contributed by atoms with Gasteiger partial charge in [0, 0.05) is 68.9 Å². The zero-order valence-electron chi connectivity index (χ0n) is 24.0. The van der Waals surface area contributed by atoms with Gasteiger partial charge >= 0.3 is 0 Å². The van der Waals surface area contributed by atoms with Crippen molar-refractivity contribution < 1.29 is 14.4 Å². The zero-order valence-corrected chi connectivity index (χ0v) is 24.0. The molecule has 38 heavy (non-hydrogen) atoms. The molecule has 3 rings (SSSR count). The Morgan fingerprint density at radius 3 is 2.45 bits per heavy atom. The highest BCUT2D eigenvalue weighted by Crippen LogP contribution is 2.33. The molecule has 9 nitrogen and oxygen atoms in total. The molecule has 3 amide bonds. The number of nitrogens with two attached hydrogens (primary N) is 1. The number of likely N-dealkylation sites (N-methyl/N-ethyl adjacent to an activating group) is 1. The third-order valence-electron chi connectivity index (χ3n) is 8.51. The van der Waals surface area contributed by atoms with Gasteiger partial charge < -0.3 is 31.9 Å². The molecule has 1 saturated carbocycles. The predicted octanol–water partition coefficient (Wildman–Crippen LogP) is 2.03. The highest BCUT2D eigenvalue weighted by molar-refractivity contribution is 5.97. The number of hydrogen-bond donors (Lipinski definition) is 5. The van der Waals surface area contributed by atoms with E-state index in [1.165, 1.54) is 0 Å². The molecular weight excluding hydrogens is 480 g/mol. The summed E-state index contributed by atoms with van der Waals surface area (Å²) >= 11 is 0. The number of piperidine rings is 1. The van der Waals surface area contributed by atoms with Crippen LogP contribution in [0, 0.1) is 18.8 Å². The molecule has 1 aromatic rings. The fourth-order valence-corrected chi connectivity index (χ4v) is 6.21. The van der Waals surface area contributed by atoms with E-state index in [2.05, 4.69) is 46.2 Å². The zero-order chi connectivity index (χ0) is 28.0. The lowest BCUT2D eigenvalue weighted by Gasteiger charge is -2.37. The van der Waals surface area contributed by atoms with Crippen molar-refractivity contribution in [3.8, 4) is 0 Å². The van der Waals surface area contributed by atoms with E-state index in [1.54, 1.807) is 6.92 Å². The summed E-state index contributed by atoms with van der Waals surface area (Å²) in [4.78, 5) is 39.9. The van der Waals surface area contributed by atoms with Crippen LogP contribution < -0.4 is 31.9 Å². The molecule has 0 spiro atoms. The monoisotopic (exact) mass is 528 g/mol. The van der Waals surface area contributed by atoms with E-state index in [0.717, 1.165) is 48.9 Å². The second-order valence-corrected chi connectivity index (χ2v) is 11.5. The van der Waals surface area contributed by atoms with Crippen LogP contribution in [0.25, 0.3) is 0 Å². The Hall–Kier alpha value is -2.65. The molecule has 1 saturated heterocycles. The molecule has 0 radical (unpaired) electrons. The van der Waals surface area contributed by atoms with Gasteiger partial charge in [-0.3, -0.25) is 14.4 Å². The number of anilines is 1. The van der Waals surface area contributed by atoms with Crippen molar-refractivity contribution in [2.24, 2.45) is 17.6 Å². The minimum absolute atomic E-state index is 0.00882. The van der Waals surface area contributed by atoms with Crippen LogP contribution in [0.2, 0.25) is 0 Å². The number of rotatable bonds is 10. The molecule has 9 heteroatoms. The number of amides is 3. The minimum Gasteiger partial charge on any atom is -0.371 e. The highest BCUT2D eigenvalue weighted by atomic mass is 16.2. The van der Waals surface area contributed by atoms with Crippen LogP contribution in [-0.4, -0.2) is 69.6 Å².